The molecule has 2 rings (SSSR count). The maximum Gasteiger partial charge on any atom is 0.141 e. The van der Waals surface area contributed by atoms with E-state index in [-0.39, 0.29) is 5.82 Å². The van der Waals surface area contributed by atoms with Gasteiger partial charge in [-0.05, 0) is 35.5 Å². The van der Waals surface area contributed by atoms with Crippen LogP contribution >= 0.6 is 11.3 Å². The molecule has 3 heteroatoms. The minimum Gasteiger partial charge on any atom is -0.316 e. The number of nitrogens with one attached hydrogen (secondary N) is 1. The van der Waals surface area contributed by atoms with Gasteiger partial charge in [-0.2, -0.15) is 0 Å². The number of thiophene rings is 1. The molecule has 0 bridgehead atoms. The monoisotopic (exact) mass is 195 g/mol. The molecule has 1 aromatic carbocycles. The van der Waals surface area contributed by atoms with Gasteiger partial charge < -0.3 is 5.32 Å². The number of fused-ring (bicyclic) bond motifs is 1. The third kappa shape index (κ3) is 1.45. The first kappa shape index (κ1) is 8.66. The first-order chi connectivity index (χ1) is 6.33. The Kier molecular flexibility index (Phi) is 2.29. The summed E-state index contributed by atoms with van der Waals surface area (Å²) < 4.78 is 14.0. The molecule has 0 fully saturated rings. The predicted octanol–water partition coefficient (Wildman–Crippen LogP) is 2.76. The van der Waals surface area contributed by atoms with E-state index in [0.29, 0.717) is 0 Å². The van der Waals surface area contributed by atoms with Crippen LogP contribution in [0.2, 0.25) is 0 Å². The van der Waals surface area contributed by atoms with Crippen LogP contribution in [0.5, 0.6) is 0 Å². The van der Waals surface area contributed by atoms with Gasteiger partial charge >= 0.3 is 0 Å². The fourth-order valence-electron chi connectivity index (χ4n) is 1.43. The first-order valence-corrected chi connectivity index (χ1v) is 5.00. The SMILES string of the molecule is CNCc1ccc(F)c2sccc12. The largest absolute Gasteiger partial charge is 0.316 e. The van der Waals surface area contributed by atoms with Crippen molar-refractivity contribution < 1.29 is 4.39 Å². The van der Waals surface area contributed by atoms with E-state index in [2.05, 4.69) is 5.32 Å². The molecule has 68 valence electrons. The van der Waals surface area contributed by atoms with Crippen molar-refractivity contribution in [1.82, 2.24) is 5.32 Å². The summed E-state index contributed by atoms with van der Waals surface area (Å²) >= 11 is 1.45. The first-order valence-electron chi connectivity index (χ1n) is 4.12. The molecule has 13 heavy (non-hydrogen) atoms. The maximum absolute atomic E-state index is 13.2. The molecule has 0 spiro atoms. The Balaban J connectivity index is 2.64. The Morgan fingerprint density at radius 2 is 2.23 bits per heavy atom. The zero-order chi connectivity index (χ0) is 9.26. The van der Waals surface area contributed by atoms with Crippen molar-refractivity contribution in [2.24, 2.45) is 0 Å². The molecule has 1 aromatic heterocycles. The van der Waals surface area contributed by atoms with Crippen molar-refractivity contribution >= 4 is 21.4 Å². The zero-order valence-corrected chi connectivity index (χ0v) is 8.12. The van der Waals surface area contributed by atoms with Crippen LogP contribution in [0.1, 0.15) is 5.56 Å². The molecule has 0 radical (unpaired) electrons. The summed E-state index contributed by atoms with van der Waals surface area (Å²) in [5.41, 5.74) is 1.15. The minimum absolute atomic E-state index is 0.121. The van der Waals surface area contributed by atoms with Crippen molar-refractivity contribution in [2.45, 2.75) is 6.54 Å². The van der Waals surface area contributed by atoms with Crippen LogP contribution in [0.25, 0.3) is 10.1 Å². The third-order valence-corrected chi connectivity index (χ3v) is 2.95. The zero-order valence-electron chi connectivity index (χ0n) is 7.30. The minimum atomic E-state index is -0.121. The van der Waals surface area contributed by atoms with Gasteiger partial charge in [0.2, 0.25) is 0 Å². The van der Waals surface area contributed by atoms with Crippen molar-refractivity contribution in [2.75, 3.05) is 7.05 Å². The smallest absolute Gasteiger partial charge is 0.141 e. The Labute approximate surface area is 80.2 Å². The molecular weight excluding hydrogens is 185 g/mol. The highest BCUT2D eigenvalue weighted by Crippen LogP contribution is 2.26. The summed E-state index contributed by atoms with van der Waals surface area (Å²) in [5.74, 6) is -0.121. The molecule has 0 aliphatic heterocycles. The van der Waals surface area contributed by atoms with Gasteiger partial charge in [0.25, 0.3) is 0 Å². The highest BCUT2D eigenvalue weighted by Gasteiger charge is 2.05. The van der Waals surface area contributed by atoms with E-state index in [1.54, 1.807) is 0 Å². The van der Waals surface area contributed by atoms with E-state index in [1.165, 1.54) is 17.4 Å². The predicted molar refractivity (Wildman–Crippen MR) is 54.5 cm³/mol. The van der Waals surface area contributed by atoms with E-state index in [0.717, 1.165) is 22.2 Å². The number of rotatable bonds is 2. The van der Waals surface area contributed by atoms with Crippen LogP contribution < -0.4 is 5.32 Å². The fourth-order valence-corrected chi connectivity index (χ4v) is 2.28. The molecule has 1 N–H and O–H groups in total. The van der Waals surface area contributed by atoms with E-state index in [4.69, 9.17) is 0 Å². The summed E-state index contributed by atoms with van der Waals surface area (Å²) in [5, 5.41) is 6.02. The van der Waals surface area contributed by atoms with Crippen LogP contribution in [-0.2, 0) is 6.54 Å². The molecule has 1 nitrogen and oxygen atoms in total. The van der Waals surface area contributed by atoms with Crippen molar-refractivity contribution in [3.8, 4) is 0 Å². The molecule has 0 aliphatic rings. The lowest BCUT2D eigenvalue weighted by molar-refractivity contribution is 0.641. The summed E-state index contributed by atoms with van der Waals surface area (Å²) in [6, 6.07) is 5.34. The second kappa shape index (κ2) is 3.44. The Bertz CT molecular complexity index is 422. The number of hydrogen-bond acceptors (Lipinski definition) is 2. The highest BCUT2D eigenvalue weighted by atomic mass is 32.1. The summed E-state index contributed by atoms with van der Waals surface area (Å²) in [4.78, 5) is 0. The van der Waals surface area contributed by atoms with E-state index < -0.39 is 0 Å². The molecular formula is C10H10FNS. The molecule has 0 saturated carbocycles. The van der Waals surface area contributed by atoms with Crippen LogP contribution in [0.4, 0.5) is 4.39 Å². The Morgan fingerprint density at radius 1 is 1.38 bits per heavy atom. The lowest BCUT2D eigenvalue weighted by Crippen LogP contribution is -2.05. The third-order valence-electron chi connectivity index (χ3n) is 2.03. The molecule has 0 saturated heterocycles. The topological polar surface area (TPSA) is 12.0 Å². The Hall–Kier alpha value is -0.930. The van der Waals surface area contributed by atoms with Crippen molar-refractivity contribution in [1.29, 1.82) is 0 Å². The average molecular weight is 195 g/mol. The van der Waals surface area contributed by atoms with Crippen LogP contribution in [0.15, 0.2) is 23.6 Å². The maximum atomic E-state index is 13.2. The summed E-state index contributed by atoms with van der Waals surface area (Å²) in [6.07, 6.45) is 0. The van der Waals surface area contributed by atoms with E-state index in [1.807, 2.05) is 24.6 Å². The molecule has 0 atom stereocenters. The lowest BCUT2D eigenvalue weighted by Gasteiger charge is -2.02. The van der Waals surface area contributed by atoms with Gasteiger partial charge in [0.15, 0.2) is 0 Å². The molecule has 0 aliphatic carbocycles. The molecule has 1 heterocycles. The van der Waals surface area contributed by atoms with Gasteiger partial charge in [0, 0.05) is 6.54 Å². The van der Waals surface area contributed by atoms with Crippen LogP contribution in [-0.4, -0.2) is 7.05 Å². The average Bonchev–Trinajstić information content (AvgIpc) is 2.59. The normalized spacial score (nSPS) is 10.9. The van der Waals surface area contributed by atoms with Gasteiger partial charge in [-0.1, -0.05) is 6.07 Å². The Morgan fingerprint density at radius 3 is 3.00 bits per heavy atom. The standard InChI is InChI=1S/C10H10FNS/c1-12-6-7-2-3-9(11)10-8(7)4-5-13-10/h2-5,12H,6H2,1H3. The number of halogens is 1. The van der Waals surface area contributed by atoms with Gasteiger partial charge in [-0.25, -0.2) is 4.39 Å². The summed E-state index contributed by atoms with van der Waals surface area (Å²) in [7, 11) is 1.89. The quantitative estimate of drug-likeness (QED) is 0.777. The second-order valence-corrected chi connectivity index (χ2v) is 3.82. The van der Waals surface area contributed by atoms with Gasteiger partial charge in [0.1, 0.15) is 5.82 Å². The number of hydrogen-bond donors (Lipinski definition) is 1. The lowest BCUT2D eigenvalue weighted by atomic mass is 10.1. The molecule has 2 aromatic rings. The van der Waals surface area contributed by atoms with Gasteiger partial charge in [0.05, 0.1) is 4.70 Å². The van der Waals surface area contributed by atoms with E-state index >= 15 is 0 Å². The van der Waals surface area contributed by atoms with Crippen molar-refractivity contribution in [3.63, 3.8) is 0 Å². The second-order valence-electron chi connectivity index (χ2n) is 2.90. The fraction of sp³-hybridized carbons (Fsp3) is 0.200. The van der Waals surface area contributed by atoms with Crippen molar-refractivity contribution in [3.05, 3.63) is 35.0 Å². The van der Waals surface area contributed by atoms with E-state index in [9.17, 15) is 4.39 Å². The summed E-state index contributed by atoms with van der Waals surface area (Å²) in [6.45, 7) is 0.785. The van der Waals surface area contributed by atoms with Crippen LogP contribution in [0.3, 0.4) is 0 Å². The molecule has 0 amide bonds. The highest BCUT2D eigenvalue weighted by molar-refractivity contribution is 7.17. The number of benzene rings is 1. The van der Waals surface area contributed by atoms with Gasteiger partial charge in [-0.3, -0.25) is 0 Å². The van der Waals surface area contributed by atoms with Crippen LogP contribution in [0, 0.1) is 5.82 Å². The molecule has 0 unspecified atom stereocenters. The van der Waals surface area contributed by atoms with Gasteiger partial charge in [-0.15, -0.1) is 11.3 Å².